The van der Waals surface area contributed by atoms with E-state index in [1.54, 1.807) is 12.3 Å². The summed E-state index contributed by atoms with van der Waals surface area (Å²) in [5.41, 5.74) is 1.56. The van der Waals surface area contributed by atoms with Gasteiger partial charge in [0.25, 0.3) is 0 Å². The van der Waals surface area contributed by atoms with Crippen LogP contribution in [0.5, 0.6) is 11.5 Å². The van der Waals surface area contributed by atoms with E-state index < -0.39 is 0 Å². The summed E-state index contributed by atoms with van der Waals surface area (Å²) in [4.78, 5) is 9.38. The molecule has 1 aromatic heterocycles. The number of halogens is 1. The number of hydrogen-bond acceptors (Lipinski definition) is 4. The third-order valence-electron chi connectivity index (χ3n) is 3.17. The fourth-order valence-corrected chi connectivity index (χ4v) is 2.17. The molecular formula is C15H20FN3O2. The van der Waals surface area contributed by atoms with Crippen LogP contribution in [0.2, 0.25) is 0 Å². The van der Waals surface area contributed by atoms with Gasteiger partial charge in [-0.1, -0.05) is 0 Å². The van der Waals surface area contributed by atoms with Crippen molar-refractivity contribution in [2.45, 2.75) is 20.0 Å². The Kier molecular flexibility index (Phi) is 4.80. The lowest BCUT2D eigenvalue weighted by atomic mass is 10.1. The van der Waals surface area contributed by atoms with Gasteiger partial charge >= 0.3 is 0 Å². The minimum absolute atomic E-state index is 0.310. The second-order valence-corrected chi connectivity index (χ2v) is 4.98. The van der Waals surface area contributed by atoms with E-state index in [4.69, 9.17) is 9.47 Å². The zero-order chi connectivity index (χ0) is 15.4. The molecule has 0 aliphatic carbocycles. The average molecular weight is 293 g/mol. The first-order chi connectivity index (χ1) is 10.0. The lowest BCUT2D eigenvalue weighted by molar-refractivity contribution is 0.303. The quantitative estimate of drug-likeness (QED) is 0.889. The summed E-state index contributed by atoms with van der Waals surface area (Å²) in [6.07, 6.45) is 1.78. The van der Waals surface area contributed by atoms with Crippen LogP contribution in [0.4, 0.5) is 4.39 Å². The molecule has 0 saturated carbocycles. The van der Waals surface area contributed by atoms with Crippen LogP contribution in [-0.4, -0.2) is 36.1 Å². The summed E-state index contributed by atoms with van der Waals surface area (Å²) in [7, 11) is 4.94. The zero-order valence-electron chi connectivity index (χ0n) is 12.7. The van der Waals surface area contributed by atoms with Gasteiger partial charge < -0.3 is 14.5 Å². The standard InChI is InChI=1S/C15H20FN3O2/c1-10-7-17-15(18-10)9-19(2)8-11-5-13(20-3)14(21-4)6-12(11)16/h5-7H,8-9H2,1-4H3,(H,17,18). The van der Waals surface area contributed by atoms with Gasteiger partial charge in [0, 0.05) is 30.1 Å². The summed E-state index contributed by atoms with van der Waals surface area (Å²) in [6.45, 7) is 3.01. The minimum Gasteiger partial charge on any atom is -0.493 e. The lowest BCUT2D eigenvalue weighted by Gasteiger charge is -2.17. The summed E-state index contributed by atoms with van der Waals surface area (Å²) in [6, 6.07) is 3.01. The van der Waals surface area contributed by atoms with Gasteiger partial charge in [-0.3, -0.25) is 4.90 Å². The van der Waals surface area contributed by atoms with Crippen molar-refractivity contribution in [3.8, 4) is 11.5 Å². The number of H-pyrrole nitrogens is 1. The number of hydrogen-bond donors (Lipinski definition) is 1. The van der Waals surface area contributed by atoms with Gasteiger partial charge in [-0.2, -0.15) is 0 Å². The number of rotatable bonds is 6. The Morgan fingerprint density at radius 1 is 1.19 bits per heavy atom. The highest BCUT2D eigenvalue weighted by atomic mass is 19.1. The molecule has 1 aromatic carbocycles. The molecule has 5 nitrogen and oxygen atoms in total. The average Bonchev–Trinajstić information content (AvgIpc) is 2.85. The van der Waals surface area contributed by atoms with E-state index in [9.17, 15) is 4.39 Å². The van der Waals surface area contributed by atoms with Crippen molar-refractivity contribution in [3.63, 3.8) is 0 Å². The van der Waals surface area contributed by atoms with Crippen molar-refractivity contribution in [2.24, 2.45) is 0 Å². The molecule has 0 fully saturated rings. The summed E-state index contributed by atoms with van der Waals surface area (Å²) in [5.74, 6) is 1.46. The highest BCUT2D eigenvalue weighted by Gasteiger charge is 2.13. The van der Waals surface area contributed by atoms with Crippen molar-refractivity contribution >= 4 is 0 Å². The number of benzene rings is 1. The molecule has 0 atom stereocenters. The molecule has 0 unspecified atom stereocenters. The molecule has 1 heterocycles. The van der Waals surface area contributed by atoms with Crippen molar-refractivity contribution in [2.75, 3.05) is 21.3 Å². The SMILES string of the molecule is COc1cc(F)c(CN(C)Cc2ncc(C)[nH]2)cc1OC. The maximum absolute atomic E-state index is 14.1. The van der Waals surface area contributed by atoms with Gasteiger partial charge in [-0.15, -0.1) is 0 Å². The van der Waals surface area contributed by atoms with Crippen LogP contribution in [-0.2, 0) is 13.1 Å². The Morgan fingerprint density at radius 2 is 1.86 bits per heavy atom. The molecule has 0 amide bonds. The maximum Gasteiger partial charge on any atom is 0.163 e. The molecule has 0 aliphatic heterocycles. The van der Waals surface area contributed by atoms with Crippen LogP contribution in [0.25, 0.3) is 0 Å². The second kappa shape index (κ2) is 6.58. The van der Waals surface area contributed by atoms with Gasteiger partial charge in [-0.25, -0.2) is 9.37 Å². The lowest BCUT2D eigenvalue weighted by Crippen LogP contribution is -2.19. The molecular weight excluding hydrogens is 273 g/mol. The molecule has 114 valence electrons. The number of nitrogens with one attached hydrogen (secondary N) is 1. The Hall–Kier alpha value is -2.08. The van der Waals surface area contributed by atoms with E-state index >= 15 is 0 Å². The highest BCUT2D eigenvalue weighted by molar-refractivity contribution is 5.43. The fourth-order valence-electron chi connectivity index (χ4n) is 2.17. The van der Waals surface area contributed by atoms with E-state index in [-0.39, 0.29) is 5.82 Å². The number of imidazole rings is 1. The van der Waals surface area contributed by atoms with E-state index in [0.717, 1.165) is 11.5 Å². The smallest absolute Gasteiger partial charge is 0.163 e. The molecule has 0 bridgehead atoms. The van der Waals surface area contributed by atoms with Crippen molar-refractivity contribution in [1.29, 1.82) is 0 Å². The van der Waals surface area contributed by atoms with Gasteiger partial charge in [0.1, 0.15) is 11.6 Å². The minimum atomic E-state index is -0.310. The number of aromatic amines is 1. The van der Waals surface area contributed by atoms with Crippen LogP contribution in [0.3, 0.4) is 0 Å². The summed E-state index contributed by atoms with van der Waals surface area (Å²) >= 11 is 0. The van der Waals surface area contributed by atoms with Gasteiger partial charge in [0.15, 0.2) is 11.5 Å². The van der Waals surface area contributed by atoms with E-state index in [2.05, 4.69) is 9.97 Å². The molecule has 0 spiro atoms. The highest BCUT2D eigenvalue weighted by Crippen LogP contribution is 2.30. The van der Waals surface area contributed by atoms with Crippen molar-refractivity contribution in [3.05, 3.63) is 41.2 Å². The third-order valence-corrected chi connectivity index (χ3v) is 3.17. The van der Waals surface area contributed by atoms with Crippen LogP contribution in [0.1, 0.15) is 17.1 Å². The molecule has 0 saturated heterocycles. The van der Waals surface area contributed by atoms with Crippen molar-refractivity contribution < 1.29 is 13.9 Å². The molecule has 21 heavy (non-hydrogen) atoms. The van der Waals surface area contributed by atoms with E-state index in [1.807, 2.05) is 18.9 Å². The van der Waals surface area contributed by atoms with Crippen molar-refractivity contribution in [1.82, 2.24) is 14.9 Å². The van der Waals surface area contributed by atoms with Crippen LogP contribution in [0, 0.1) is 12.7 Å². The Labute approximate surface area is 123 Å². The first-order valence-corrected chi connectivity index (χ1v) is 6.63. The third kappa shape index (κ3) is 3.72. The predicted octanol–water partition coefficient (Wildman–Crippen LogP) is 2.51. The summed E-state index contributed by atoms with van der Waals surface area (Å²) in [5, 5.41) is 0. The molecule has 6 heteroatoms. The maximum atomic E-state index is 14.1. The van der Waals surface area contributed by atoms with Gasteiger partial charge in [-0.05, 0) is 20.0 Å². The predicted molar refractivity (Wildman–Crippen MR) is 78.0 cm³/mol. The van der Waals surface area contributed by atoms with E-state index in [0.29, 0.717) is 30.2 Å². The van der Waals surface area contributed by atoms with Crippen LogP contribution in [0.15, 0.2) is 18.3 Å². The molecule has 1 N–H and O–H groups in total. The monoisotopic (exact) mass is 293 g/mol. The number of aromatic nitrogens is 2. The Balaban J connectivity index is 2.11. The second-order valence-electron chi connectivity index (χ2n) is 4.98. The zero-order valence-corrected chi connectivity index (χ0v) is 12.7. The first kappa shape index (κ1) is 15.3. The van der Waals surface area contributed by atoms with Crippen LogP contribution < -0.4 is 9.47 Å². The van der Waals surface area contributed by atoms with Crippen LogP contribution >= 0.6 is 0 Å². The molecule has 0 aliphatic rings. The Morgan fingerprint density at radius 3 is 2.43 bits per heavy atom. The topological polar surface area (TPSA) is 50.4 Å². The number of aryl methyl sites for hydroxylation is 1. The number of methoxy groups -OCH3 is 2. The number of nitrogens with zero attached hydrogens (tertiary/aromatic N) is 2. The fraction of sp³-hybridized carbons (Fsp3) is 0.400. The summed E-state index contributed by atoms with van der Waals surface area (Å²) < 4.78 is 24.4. The Bertz CT molecular complexity index is 613. The molecule has 0 radical (unpaired) electrons. The van der Waals surface area contributed by atoms with Gasteiger partial charge in [0.2, 0.25) is 0 Å². The molecule has 2 aromatic rings. The number of ether oxygens (including phenoxy) is 2. The van der Waals surface area contributed by atoms with Gasteiger partial charge in [0.05, 0.1) is 20.8 Å². The normalized spacial score (nSPS) is 11.0. The largest absolute Gasteiger partial charge is 0.493 e. The van der Waals surface area contributed by atoms with E-state index in [1.165, 1.54) is 20.3 Å². The molecule has 2 rings (SSSR count). The first-order valence-electron chi connectivity index (χ1n) is 6.63.